The SMILES string of the molecule is Cc1nnc(SCC(O)c2ccccc2N)o1. The van der Waals surface area contributed by atoms with Gasteiger partial charge in [0.15, 0.2) is 0 Å². The number of aromatic nitrogens is 2. The van der Waals surface area contributed by atoms with Gasteiger partial charge in [0.05, 0.1) is 6.10 Å². The lowest BCUT2D eigenvalue weighted by Gasteiger charge is -2.11. The van der Waals surface area contributed by atoms with Gasteiger partial charge < -0.3 is 15.3 Å². The number of aryl methyl sites for hydroxylation is 1. The van der Waals surface area contributed by atoms with Crippen LogP contribution in [0.25, 0.3) is 0 Å². The lowest BCUT2D eigenvalue weighted by atomic mass is 10.1. The van der Waals surface area contributed by atoms with Gasteiger partial charge in [-0.25, -0.2) is 0 Å². The van der Waals surface area contributed by atoms with Crippen LogP contribution in [0.15, 0.2) is 33.9 Å². The topological polar surface area (TPSA) is 85.2 Å². The minimum Gasteiger partial charge on any atom is -0.416 e. The zero-order valence-electron chi connectivity index (χ0n) is 9.33. The maximum atomic E-state index is 9.98. The van der Waals surface area contributed by atoms with Gasteiger partial charge in [-0.3, -0.25) is 0 Å². The Hall–Kier alpha value is -1.53. The summed E-state index contributed by atoms with van der Waals surface area (Å²) in [6.07, 6.45) is -0.645. The number of aliphatic hydroxyl groups excluding tert-OH is 1. The first kappa shape index (κ1) is 11.9. The molecule has 0 amide bonds. The summed E-state index contributed by atoms with van der Waals surface area (Å²) in [7, 11) is 0. The van der Waals surface area contributed by atoms with Crippen LogP contribution in [0.5, 0.6) is 0 Å². The van der Waals surface area contributed by atoms with Crippen LogP contribution in [0, 0.1) is 6.92 Å². The Morgan fingerprint density at radius 1 is 1.41 bits per heavy atom. The van der Waals surface area contributed by atoms with Crippen molar-refractivity contribution in [3.8, 4) is 0 Å². The number of nitrogens with two attached hydrogens (primary N) is 1. The van der Waals surface area contributed by atoms with Crippen LogP contribution in [0.3, 0.4) is 0 Å². The maximum absolute atomic E-state index is 9.98. The summed E-state index contributed by atoms with van der Waals surface area (Å²) in [4.78, 5) is 0. The summed E-state index contributed by atoms with van der Waals surface area (Å²) < 4.78 is 5.20. The molecular formula is C11H13N3O2S. The molecule has 90 valence electrons. The molecule has 1 atom stereocenters. The van der Waals surface area contributed by atoms with Gasteiger partial charge >= 0.3 is 0 Å². The molecule has 1 aromatic heterocycles. The van der Waals surface area contributed by atoms with Crippen molar-refractivity contribution in [1.29, 1.82) is 0 Å². The number of hydrogen-bond donors (Lipinski definition) is 2. The van der Waals surface area contributed by atoms with E-state index in [1.54, 1.807) is 19.1 Å². The summed E-state index contributed by atoms with van der Waals surface area (Å²) in [6, 6.07) is 7.25. The number of nitrogen functional groups attached to an aromatic ring is 1. The highest BCUT2D eigenvalue weighted by Gasteiger charge is 2.13. The van der Waals surface area contributed by atoms with Crippen molar-refractivity contribution < 1.29 is 9.52 Å². The molecule has 0 saturated heterocycles. The molecule has 1 unspecified atom stereocenters. The van der Waals surface area contributed by atoms with Crippen molar-refractivity contribution in [3.05, 3.63) is 35.7 Å². The van der Waals surface area contributed by atoms with E-state index in [2.05, 4.69) is 10.2 Å². The van der Waals surface area contributed by atoms with E-state index in [0.29, 0.717) is 22.6 Å². The van der Waals surface area contributed by atoms with Crippen LogP contribution in [0.4, 0.5) is 5.69 Å². The molecule has 0 aliphatic carbocycles. The fourth-order valence-electron chi connectivity index (χ4n) is 1.39. The molecule has 6 heteroatoms. The molecule has 0 fully saturated rings. The number of thioether (sulfide) groups is 1. The first-order valence-corrected chi connectivity index (χ1v) is 6.11. The second kappa shape index (κ2) is 5.20. The Balaban J connectivity index is 1.98. The van der Waals surface area contributed by atoms with Crippen molar-refractivity contribution >= 4 is 17.4 Å². The summed E-state index contributed by atoms with van der Waals surface area (Å²) >= 11 is 1.31. The molecular weight excluding hydrogens is 238 g/mol. The van der Waals surface area contributed by atoms with E-state index >= 15 is 0 Å². The predicted molar refractivity (Wildman–Crippen MR) is 65.6 cm³/mol. The molecule has 0 spiro atoms. The molecule has 1 aromatic carbocycles. The molecule has 5 nitrogen and oxygen atoms in total. The molecule has 17 heavy (non-hydrogen) atoms. The number of rotatable bonds is 4. The third-order valence-electron chi connectivity index (χ3n) is 2.23. The largest absolute Gasteiger partial charge is 0.416 e. The molecule has 1 heterocycles. The van der Waals surface area contributed by atoms with E-state index in [1.165, 1.54) is 11.8 Å². The molecule has 0 saturated carbocycles. The highest BCUT2D eigenvalue weighted by molar-refractivity contribution is 7.99. The zero-order valence-corrected chi connectivity index (χ0v) is 10.1. The standard InChI is InChI=1S/C11H13N3O2S/c1-7-13-14-11(16-7)17-6-10(15)8-4-2-3-5-9(8)12/h2-5,10,15H,6,12H2,1H3. The molecule has 2 rings (SSSR count). The highest BCUT2D eigenvalue weighted by atomic mass is 32.2. The first-order chi connectivity index (χ1) is 8.16. The van der Waals surface area contributed by atoms with Crippen LogP contribution >= 0.6 is 11.8 Å². The van der Waals surface area contributed by atoms with Gasteiger partial charge in [0, 0.05) is 23.9 Å². The molecule has 0 aliphatic heterocycles. The van der Waals surface area contributed by atoms with Crippen molar-refractivity contribution in [2.75, 3.05) is 11.5 Å². The summed E-state index contributed by atoms with van der Waals surface area (Å²) in [5, 5.41) is 18.0. The lowest BCUT2D eigenvalue weighted by Crippen LogP contribution is -2.04. The molecule has 0 bridgehead atoms. The molecule has 2 aromatic rings. The van der Waals surface area contributed by atoms with E-state index in [0.717, 1.165) is 5.56 Å². The van der Waals surface area contributed by atoms with Crippen LogP contribution in [0.1, 0.15) is 17.6 Å². The molecule has 3 N–H and O–H groups in total. The minimum absolute atomic E-state index is 0.426. The average Bonchev–Trinajstić information content (AvgIpc) is 2.73. The van der Waals surface area contributed by atoms with E-state index in [1.807, 2.05) is 12.1 Å². The number of aliphatic hydroxyl groups is 1. The third kappa shape index (κ3) is 2.98. The summed E-state index contributed by atoms with van der Waals surface area (Å²) in [6.45, 7) is 1.72. The van der Waals surface area contributed by atoms with Gasteiger partial charge in [0.25, 0.3) is 5.22 Å². The fourth-order valence-corrected chi connectivity index (χ4v) is 2.15. The van der Waals surface area contributed by atoms with Crippen LogP contribution in [-0.4, -0.2) is 21.1 Å². The van der Waals surface area contributed by atoms with E-state index in [-0.39, 0.29) is 0 Å². The Kier molecular flexibility index (Phi) is 3.65. The van der Waals surface area contributed by atoms with Gasteiger partial charge in [0.1, 0.15) is 0 Å². The number of hydrogen-bond acceptors (Lipinski definition) is 6. The van der Waals surface area contributed by atoms with Crippen molar-refractivity contribution in [2.45, 2.75) is 18.3 Å². The molecule has 0 aliphatic rings. The normalized spacial score (nSPS) is 12.6. The Bertz CT molecular complexity index is 501. The van der Waals surface area contributed by atoms with Crippen LogP contribution in [-0.2, 0) is 0 Å². The van der Waals surface area contributed by atoms with Crippen molar-refractivity contribution in [1.82, 2.24) is 10.2 Å². The van der Waals surface area contributed by atoms with E-state index in [9.17, 15) is 5.11 Å². The minimum atomic E-state index is -0.645. The van der Waals surface area contributed by atoms with E-state index < -0.39 is 6.10 Å². The Morgan fingerprint density at radius 2 is 2.18 bits per heavy atom. The second-order valence-electron chi connectivity index (χ2n) is 3.54. The average molecular weight is 251 g/mol. The van der Waals surface area contributed by atoms with Gasteiger partial charge in [-0.15, -0.1) is 10.2 Å². The summed E-state index contributed by atoms with van der Waals surface area (Å²) in [5.41, 5.74) is 7.08. The van der Waals surface area contributed by atoms with E-state index in [4.69, 9.17) is 10.2 Å². The Morgan fingerprint density at radius 3 is 2.82 bits per heavy atom. The number of benzene rings is 1. The van der Waals surface area contributed by atoms with Gasteiger partial charge in [-0.2, -0.15) is 0 Å². The number of nitrogens with zero attached hydrogens (tertiary/aromatic N) is 2. The Labute approximate surface area is 103 Å². The quantitative estimate of drug-likeness (QED) is 0.636. The van der Waals surface area contributed by atoms with Gasteiger partial charge in [-0.1, -0.05) is 30.0 Å². The predicted octanol–water partition coefficient (Wildman–Crippen LogP) is 1.79. The number of anilines is 1. The number of para-hydroxylation sites is 1. The van der Waals surface area contributed by atoms with Crippen LogP contribution < -0.4 is 5.73 Å². The summed E-state index contributed by atoms with van der Waals surface area (Å²) in [5.74, 6) is 0.941. The molecule has 0 radical (unpaired) electrons. The maximum Gasteiger partial charge on any atom is 0.276 e. The van der Waals surface area contributed by atoms with Gasteiger partial charge in [-0.05, 0) is 6.07 Å². The van der Waals surface area contributed by atoms with Crippen LogP contribution in [0.2, 0.25) is 0 Å². The van der Waals surface area contributed by atoms with Crippen molar-refractivity contribution in [3.63, 3.8) is 0 Å². The smallest absolute Gasteiger partial charge is 0.276 e. The highest BCUT2D eigenvalue weighted by Crippen LogP contribution is 2.26. The van der Waals surface area contributed by atoms with Gasteiger partial charge in [0.2, 0.25) is 5.89 Å². The lowest BCUT2D eigenvalue weighted by molar-refractivity contribution is 0.204. The monoisotopic (exact) mass is 251 g/mol. The van der Waals surface area contributed by atoms with Crippen molar-refractivity contribution in [2.24, 2.45) is 0 Å². The second-order valence-corrected chi connectivity index (χ2v) is 4.51. The first-order valence-electron chi connectivity index (χ1n) is 5.12. The third-order valence-corrected chi connectivity index (χ3v) is 3.12. The fraction of sp³-hybridized carbons (Fsp3) is 0.273. The zero-order chi connectivity index (χ0) is 12.3.